The van der Waals surface area contributed by atoms with Crippen molar-refractivity contribution in [2.75, 3.05) is 7.05 Å². The van der Waals surface area contributed by atoms with Crippen LogP contribution in [-0.4, -0.2) is 46.0 Å². The van der Waals surface area contributed by atoms with E-state index in [9.17, 15) is 14.4 Å². The molecule has 3 atom stereocenters. The van der Waals surface area contributed by atoms with Crippen molar-refractivity contribution in [1.82, 2.24) is 4.90 Å². The smallest absolute Gasteiger partial charge is 0.332 e. The maximum atomic E-state index is 11.8. The van der Waals surface area contributed by atoms with Crippen molar-refractivity contribution < 1.29 is 24.6 Å². The Morgan fingerprint density at radius 2 is 2.06 bits per heavy atom. The van der Waals surface area contributed by atoms with Crippen LogP contribution >= 0.6 is 0 Å². The van der Waals surface area contributed by atoms with Crippen LogP contribution in [0.2, 0.25) is 0 Å². The molecular weight excluding hydrogens is 214 g/mol. The zero-order valence-corrected chi connectivity index (χ0v) is 8.58. The maximum absolute atomic E-state index is 11.8. The van der Waals surface area contributed by atoms with Crippen molar-refractivity contribution in [3.8, 4) is 0 Å². The molecule has 2 rings (SSSR count). The Bertz CT molecular complexity index is 413. The Labute approximate surface area is 91.2 Å². The topological polar surface area (TPSA) is 94.9 Å². The number of carbonyl (C=O) groups excluding carboxylic acids is 1. The van der Waals surface area contributed by atoms with Gasteiger partial charge in [0.05, 0.1) is 11.8 Å². The number of likely N-dealkylation sites (tertiary alicyclic amines) is 1. The van der Waals surface area contributed by atoms with Crippen LogP contribution in [0.3, 0.4) is 0 Å². The van der Waals surface area contributed by atoms with E-state index in [1.54, 1.807) is 0 Å². The van der Waals surface area contributed by atoms with Gasteiger partial charge >= 0.3 is 11.9 Å². The van der Waals surface area contributed by atoms with Crippen molar-refractivity contribution in [3.63, 3.8) is 0 Å². The van der Waals surface area contributed by atoms with E-state index < -0.39 is 35.7 Å². The van der Waals surface area contributed by atoms with Crippen LogP contribution in [0.1, 0.15) is 6.42 Å². The molecule has 1 fully saturated rings. The Morgan fingerprint density at radius 1 is 1.44 bits per heavy atom. The fourth-order valence-corrected chi connectivity index (χ4v) is 2.53. The average molecular weight is 225 g/mol. The first-order valence-corrected chi connectivity index (χ1v) is 4.88. The van der Waals surface area contributed by atoms with Crippen molar-refractivity contribution in [1.29, 1.82) is 0 Å². The Hall–Kier alpha value is -1.85. The van der Waals surface area contributed by atoms with Gasteiger partial charge in [-0.25, -0.2) is 4.79 Å². The fourth-order valence-electron chi connectivity index (χ4n) is 2.53. The van der Waals surface area contributed by atoms with Gasteiger partial charge in [-0.2, -0.15) is 0 Å². The zero-order valence-electron chi connectivity index (χ0n) is 8.58. The number of rotatable bonds is 2. The molecule has 1 aliphatic heterocycles. The molecule has 0 saturated carbocycles. The molecule has 1 saturated heterocycles. The number of amides is 1. The molecule has 1 aliphatic carbocycles. The summed E-state index contributed by atoms with van der Waals surface area (Å²) in [6, 6.07) is -0.418. The van der Waals surface area contributed by atoms with E-state index in [0.717, 1.165) is 0 Å². The highest BCUT2D eigenvalue weighted by molar-refractivity contribution is 6.01. The highest BCUT2D eigenvalue weighted by Gasteiger charge is 2.54. The lowest BCUT2D eigenvalue weighted by molar-refractivity contribution is -0.145. The van der Waals surface area contributed by atoms with E-state index in [2.05, 4.69) is 0 Å². The number of nitrogens with zero attached hydrogens (tertiary/aromatic N) is 1. The minimum Gasteiger partial charge on any atom is -0.481 e. The third-order valence-electron chi connectivity index (χ3n) is 3.33. The first kappa shape index (κ1) is 10.7. The molecule has 2 bridgehead atoms. The predicted octanol–water partition coefficient (Wildman–Crippen LogP) is -0.441. The molecule has 2 N–H and O–H groups in total. The summed E-state index contributed by atoms with van der Waals surface area (Å²) in [5.74, 6) is -4.70. The van der Waals surface area contributed by atoms with Crippen LogP contribution in [0, 0.1) is 11.8 Å². The number of fused-ring (bicyclic) bond motifs is 2. The summed E-state index contributed by atoms with van der Waals surface area (Å²) >= 11 is 0. The van der Waals surface area contributed by atoms with Gasteiger partial charge in [0, 0.05) is 18.7 Å². The highest BCUT2D eigenvalue weighted by Crippen LogP contribution is 2.41. The molecule has 1 heterocycles. The van der Waals surface area contributed by atoms with E-state index in [4.69, 9.17) is 10.2 Å². The lowest BCUT2D eigenvalue weighted by atomic mass is 9.79. The molecule has 0 aromatic carbocycles. The van der Waals surface area contributed by atoms with Gasteiger partial charge in [0.25, 0.3) is 0 Å². The first-order chi connectivity index (χ1) is 7.45. The number of hydrogen-bond acceptors (Lipinski definition) is 3. The molecule has 1 unspecified atom stereocenters. The summed E-state index contributed by atoms with van der Waals surface area (Å²) in [5, 5.41) is 18.0. The summed E-state index contributed by atoms with van der Waals surface area (Å²) in [7, 11) is 1.52. The summed E-state index contributed by atoms with van der Waals surface area (Å²) < 4.78 is 0. The molecule has 2 aliphatic rings. The predicted molar refractivity (Wildman–Crippen MR) is 51.5 cm³/mol. The summed E-state index contributed by atoms with van der Waals surface area (Å²) in [6.45, 7) is 0. The monoisotopic (exact) mass is 225 g/mol. The summed E-state index contributed by atoms with van der Waals surface area (Å²) in [5.41, 5.74) is -0.0852. The molecule has 86 valence electrons. The number of hydrogen-bond donors (Lipinski definition) is 2. The number of carboxylic acid groups (broad SMARTS) is 2. The van der Waals surface area contributed by atoms with Crippen LogP contribution in [0.25, 0.3) is 0 Å². The quantitative estimate of drug-likeness (QED) is 0.664. The van der Waals surface area contributed by atoms with E-state index in [1.165, 1.54) is 18.0 Å². The van der Waals surface area contributed by atoms with Crippen LogP contribution < -0.4 is 0 Å². The Morgan fingerprint density at radius 3 is 2.56 bits per heavy atom. The maximum Gasteiger partial charge on any atom is 0.332 e. The largest absolute Gasteiger partial charge is 0.481 e. The molecule has 0 spiro atoms. The second-order valence-corrected chi connectivity index (χ2v) is 4.06. The minimum absolute atomic E-state index is 0.0852. The molecular formula is C10H11NO5. The highest BCUT2D eigenvalue weighted by atomic mass is 16.4. The van der Waals surface area contributed by atoms with E-state index in [-0.39, 0.29) is 12.0 Å². The van der Waals surface area contributed by atoms with Crippen LogP contribution in [-0.2, 0) is 14.4 Å². The van der Waals surface area contributed by atoms with Gasteiger partial charge < -0.3 is 15.1 Å². The van der Waals surface area contributed by atoms with Crippen molar-refractivity contribution in [2.45, 2.75) is 12.5 Å². The minimum atomic E-state index is -1.21. The fraction of sp³-hybridized carbons (Fsp3) is 0.500. The molecule has 6 nitrogen and oxygen atoms in total. The molecule has 1 amide bonds. The lowest BCUT2D eigenvalue weighted by Gasteiger charge is -2.24. The number of carboxylic acids is 2. The van der Waals surface area contributed by atoms with Gasteiger partial charge in [-0.05, 0) is 6.42 Å². The molecule has 16 heavy (non-hydrogen) atoms. The molecule has 0 aromatic heterocycles. The van der Waals surface area contributed by atoms with E-state index >= 15 is 0 Å². The standard InChI is InChI=1S/C10H11NO5/c1-11-5-3-2-4(9(13)14)6(8(11)12)7(5)10(15)16/h2,5-7H,3H2,1H3,(H,13,14)(H,15,16)/t5-,6-,7?/m0/s1. The van der Waals surface area contributed by atoms with Crippen LogP contribution in [0.15, 0.2) is 11.6 Å². The second kappa shape index (κ2) is 3.33. The van der Waals surface area contributed by atoms with Gasteiger partial charge in [-0.1, -0.05) is 6.08 Å². The van der Waals surface area contributed by atoms with E-state index in [1.807, 2.05) is 0 Å². The Balaban J connectivity index is 2.47. The Kier molecular flexibility index (Phi) is 2.22. The third-order valence-corrected chi connectivity index (χ3v) is 3.33. The van der Waals surface area contributed by atoms with Crippen LogP contribution in [0.5, 0.6) is 0 Å². The SMILES string of the molecule is CN1C(=O)[C@H]2C(C(=O)O)=CC[C@H]1C2C(=O)O. The second-order valence-electron chi connectivity index (χ2n) is 4.06. The molecule has 0 radical (unpaired) electrons. The molecule has 0 aromatic rings. The van der Waals surface area contributed by atoms with Gasteiger partial charge in [0.2, 0.25) is 5.91 Å². The van der Waals surface area contributed by atoms with Gasteiger partial charge in [0.15, 0.2) is 0 Å². The first-order valence-electron chi connectivity index (χ1n) is 4.88. The van der Waals surface area contributed by atoms with Crippen molar-refractivity contribution >= 4 is 17.8 Å². The zero-order chi connectivity index (χ0) is 12.0. The van der Waals surface area contributed by atoms with E-state index in [0.29, 0.717) is 0 Å². The van der Waals surface area contributed by atoms with Gasteiger partial charge in [0.1, 0.15) is 0 Å². The number of aliphatic carboxylic acids is 2. The van der Waals surface area contributed by atoms with Crippen LogP contribution in [0.4, 0.5) is 0 Å². The lowest BCUT2D eigenvalue weighted by Crippen LogP contribution is -2.36. The van der Waals surface area contributed by atoms with Gasteiger partial charge in [-0.3, -0.25) is 9.59 Å². The molecule has 6 heteroatoms. The van der Waals surface area contributed by atoms with Crippen molar-refractivity contribution in [3.05, 3.63) is 11.6 Å². The third kappa shape index (κ3) is 1.22. The average Bonchev–Trinajstić information content (AvgIpc) is 2.39. The normalized spacial score (nSPS) is 32.6. The summed E-state index contributed by atoms with van der Waals surface area (Å²) in [6.07, 6.45) is 1.75. The van der Waals surface area contributed by atoms with Gasteiger partial charge in [-0.15, -0.1) is 0 Å². The van der Waals surface area contributed by atoms with Crippen molar-refractivity contribution in [2.24, 2.45) is 11.8 Å². The number of carbonyl (C=O) groups is 3. The summed E-state index contributed by atoms with van der Waals surface area (Å²) in [4.78, 5) is 35.1.